The number of ether oxygens (including phenoxy) is 1. The van der Waals surface area contributed by atoms with Crippen molar-refractivity contribution in [3.05, 3.63) is 23.8 Å². The van der Waals surface area contributed by atoms with Gasteiger partial charge in [0.05, 0.1) is 25.4 Å². The van der Waals surface area contributed by atoms with Crippen LogP contribution in [-0.2, 0) is 16.1 Å². The molecule has 0 spiro atoms. The Morgan fingerprint density at radius 1 is 1.08 bits per heavy atom. The maximum absolute atomic E-state index is 12.6. The predicted octanol–water partition coefficient (Wildman–Crippen LogP) is 4.13. The molecular formula is C28H42N4O4. The van der Waals surface area contributed by atoms with Gasteiger partial charge in [-0.2, -0.15) is 0 Å². The number of guanidine groups is 1. The van der Waals surface area contributed by atoms with Gasteiger partial charge in [0.2, 0.25) is 17.8 Å². The molecule has 0 atom stereocenters. The van der Waals surface area contributed by atoms with E-state index in [1.807, 2.05) is 28.0 Å². The standard InChI is InChI=1S/C28H42N4O4/c33-18-17-31(16-7-6-12-22-10-4-5-11-22)27(35)15-3-1-2-8-19-36-25-14-9-13-24-23(25)20-32-21-26(34)30-28(32)29-24/h9,13-14,22,33H,1-8,10-12,15-21H2,(H,29,30,34). The van der Waals surface area contributed by atoms with E-state index in [0.717, 1.165) is 61.6 Å². The van der Waals surface area contributed by atoms with E-state index in [4.69, 9.17) is 4.74 Å². The Balaban J connectivity index is 1.09. The molecule has 0 bridgehead atoms. The van der Waals surface area contributed by atoms with Crippen molar-refractivity contribution in [1.29, 1.82) is 0 Å². The summed E-state index contributed by atoms with van der Waals surface area (Å²) in [6.07, 6.45) is 13.4. The Hall–Kier alpha value is -2.61. The Labute approximate surface area is 215 Å². The predicted molar refractivity (Wildman–Crippen MR) is 140 cm³/mol. The number of nitrogens with one attached hydrogen (secondary N) is 1. The number of hydrogen-bond acceptors (Lipinski definition) is 6. The number of carbonyl (C=O) groups is 2. The number of rotatable bonds is 15. The average Bonchev–Trinajstić information content (AvgIpc) is 3.52. The minimum absolute atomic E-state index is 0.0266. The molecule has 1 saturated heterocycles. The smallest absolute Gasteiger partial charge is 0.246 e. The fourth-order valence-electron chi connectivity index (χ4n) is 5.57. The number of fused-ring (bicyclic) bond motifs is 2. The SMILES string of the molecule is O=C1CN2Cc3c(cccc3OCCCCCCC(=O)N(CCO)CCCCC3CCCC3)N=C2N1. The van der Waals surface area contributed by atoms with E-state index in [0.29, 0.717) is 38.6 Å². The maximum Gasteiger partial charge on any atom is 0.246 e. The van der Waals surface area contributed by atoms with Crippen LogP contribution in [0.5, 0.6) is 5.75 Å². The molecule has 2 fully saturated rings. The maximum atomic E-state index is 12.6. The van der Waals surface area contributed by atoms with Crippen LogP contribution in [0, 0.1) is 5.92 Å². The third kappa shape index (κ3) is 7.45. The molecule has 8 heteroatoms. The lowest BCUT2D eigenvalue weighted by molar-refractivity contribution is -0.132. The summed E-state index contributed by atoms with van der Waals surface area (Å²) < 4.78 is 6.07. The molecule has 2 aliphatic heterocycles. The van der Waals surface area contributed by atoms with Crippen LogP contribution in [0.15, 0.2) is 23.2 Å². The largest absolute Gasteiger partial charge is 0.493 e. The van der Waals surface area contributed by atoms with Gasteiger partial charge >= 0.3 is 0 Å². The fourth-order valence-corrected chi connectivity index (χ4v) is 5.57. The van der Waals surface area contributed by atoms with E-state index in [1.54, 1.807) is 0 Å². The first kappa shape index (κ1) is 26.5. The van der Waals surface area contributed by atoms with Crippen LogP contribution in [0.25, 0.3) is 0 Å². The van der Waals surface area contributed by atoms with E-state index < -0.39 is 0 Å². The van der Waals surface area contributed by atoms with E-state index in [2.05, 4.69) is 10.3 Å². The van der Waals surface area contributed by atoms with Gasteiger partial charge in [0.1, 0.15) is 12.3 Å². The van der Waals surface area contributed by atoms with E-state index in [1.165, 1.54) is 38.5 Å². The molecule has 1 aromatic carbocycles. The Morgan fingerprint density at radius 2 is 1.92 bits per heavy atom. The Morgan fingerprint density at radius 3 is 2.75 bits per heavy atom. The van der Waals surface area contributed by atoms with Crippen LogP contribution < -0.4 is 10.1 Å². The highest BCUT2D eigenvalue weighted by atomic mass is 16.5. The summed E-state index contributed by atoms with van der Waals surface area (Å²) in [4.78, 5) is 32.6. The van der Waals surface area contributed by atoms with Crippen molar-refractivity contribution in [3.8, 4) is 5.75 Å². The van der Waals surface area contributed by atoms with Crippen molar-refractivity contribution < 1.29 is 19.4 Å². The Kier molecular flexibility index (Phi) is 10.0. The van der Waals surface area contributed by atoms with Gasteiger partial charge in [0, 0.05) is 25.1 Å². The zero-order valence-electron chi connectivity index (χ0n) is 21.6. The molecule has 2 N–H and O–H groups in total. The number of aliphatic imine (C=N–C) groups is 1. The number of benzene rings is 1. The minimum atomic E-state index is -0.0266. The van der Waals surface area contributed by atoms with E-state index in [9.17, 15) is 14.7 Å². The first-order valence-electron chi connectivity index (χ1n) is 13.9. The Bertz CT molecular complexity index is 913. The van der Waals surface area contributed by atoms with Gasteiger partial charge in [-0.1, -0.05) is 57.4 Å². The van der Waals surface area contributed by atoms with Gasteiger partial charge in [-0.25, -0.2) is 4.99 Å². The summed E-state index contributed by atoms with van der Waals surface area (Å²) in [6.45, 7) is 2.83. The van der Waals surface area contributed by atoms with E-state index >= 15 is 0 Å². The summed E-state index contributed by atoms with van der Waals surface area (Å²) in [5.74, 6) is 2.50. The molecule has 0 aromatic heterocycles. The molecule has 8 nitrogen and oxygen atoms in total. The van der Waals surface area contributed by atoms with Crippen molar-refractivity contribution in [1.82, 2.24) is 15.1 Å². The molecule has 198 valence electrons. The molecule has 0 unspecified atom stereocenters. The average molecular weight is 499 g/mol. The summed E-state index contributed by atoms with van der Waals surface area (Å²) >= 11 is 0. The van der Waals surface area contributed by atoms with Gasteiger partial charge < -0.3 is 19.6 Å². The normalized spacial score (nSPS) is 17.0. The van der Waals surface area contributed by atoms with E-state index in [-0.39, 0.29) is 18.4 Å². The second-order valence-corrected chi connectivity index (χ2v) is 10.4. The number of amides is 2. The van der Waals surface area contributed by atoms with Crippen LogP contribution >= 0.6 is 0 Å². The number of aliphatic hydroxyl groups excluding tert-OH is 1. The lowest BCUT2D eigenvalue weighted by Gasteiger charge is -2.24. The molecule has 1 saturated carbocycles. The van der Waals surface area contributed by atoms with Gasteiger partial charge in [-0.05, 0) is 37.3 Å². The van der Waals surface area contributed by atoms with Crippen molar-refractivity contribution in [2.45, 2.75) is 83.6 Å². The molecule has 2 amide bonds. The summed E-state index contributed by atoms with van der Waals surface area (Å²) in [5.41, 5.74) is 1.88. The van der Waals surface area contributed by atoms with Gasteiger partial charge in [-0.3, -0.25) is 14.9 Å². The third-order valence-corrected chi connectivity index (χ3v) is 7.60. The van der Waals surface area contributed by atoms with Crippen LogP contribution in [0.4, 0.5) is 5.69 Å². The number of nitrogens with zero attached hydrogens (tertiary/aromatic N) is 3. The molecule has 3 aliphatic rings. The highest BCUT2D eigenvalue weighted by Gasteiger charge is 2.30. The highest BCUT2D eigenvalue weighted by Crippen LogP contribution is 2.34. The number of hydrogen-bond donors (Lipinski definition) is 2. The van der Waals surface area contributed by atoms with Crippen molar-refractivity contribution in [3.63, 3.8) is 0 Å². The summed E-state index contributed by atoms with van der Waals surface area (Å²) in [6, 6.07) is 5.85. The van der Waals surface area contributed by atoms with Gasteiger partial charge in [-0.15, -0.1) is 0 Å². The van der Waals surface area contributed by atoms with Crippen molar-refractivity contribution >= 4 is 23.5 Å². The quantitative estimate of drug-likeness (QED) is 0.355. The topological polar surface area (TPSA) is 94.5 Å². The lowest BCUT2D eigenvalue weighted by atomic mass is 10.0. The third-order valence-electron chi connectivity index (χ3n) is 7.60. The lowest BCUT2D eigenvalue weighted by Crippen LogP contribution is -2.34. The fraction of sp³-hybridized carbons (Fsp3) is 0.679. The van der Waals surface area contributed by atoms with Gasteiger partial charge in [0.15, 0.2) is 0 Å². The second-order valence-electron chi connectivity index (χ2n) is 10.4. The molecular weight excluding hydrogens is 456 g/mol. The van der Waals surface area contributed by atoms with Crippen LogP contribution in [-0.4, -0.2) is 65.5 Å². The minimum Gasteiger partial charge on any atom is -0.493 e. The molecule has 1 aliphatic carbocycles. The molecule has 1 aromatic rings. The van der Waals surface area contributed by atoms with Crippen LogP contribution in [0.1, 0.15) is 82.6 Å². The number of carbonyl (C=O) groups excluding carboxylic acids is 2. The highest BCUT2D eigenvalue weighted by molar-refractivity contribution is 6.05. The molecule has 4 rings (SSSR count). The first-order valence-corrected chi connectivity index (χ1v) is 13.9. The van der Waals surface area contributed by atoms with Crippen LogP contribution in [0.2, 0.25) is 0 Å². The van der Waals surface area contributed by atoms with Crippen molar-refractivity contribution in [2.24, 2.45) is 10.9 Å². The number of unbranched alkanes of at least 4 members (excludes halogenated alkanes) is 4. The summed E-state index contributed by atoms with van der Waals surface area (Å²) in [5, 5.41) is 12.2. The zero-order valence-corrected chi connectivity index (χ0v) is 21.6. The first-order chi connectivity index (χ1) is 17.6. The second kappa shape index (κ2) is 13.6. The number of aliphatic hydroxyl groups is 1. The van der Waals surface area contributed by atoms with Crippen molar-refractivity contribution in [2.75, 3.05) is 32.8 Å². The zero-order chi connectivity index (χ0) is 25.2. The summed E-state index contributed by atoms with van der Waals surface area (Å²) in [7, 11) is 0. The molecule has 0 radical (unpaired) electrons. The monoisotopic (exact) mass is 498 g/mol. The molecule has 36 heavy (non-hydrogen) atoms. The van der Waals surface area contributed by atoms with Crippen LogP contribution in [0.3, 0.4) is 0 Å². The van der Waals surface area contributed by atoms with Gasteiger partial charge in [0.25, 0.3) is 0 Å². The molecule has 2 heterocycles.